The van der Waals surface area contributed by atoms with Crippen LogP contribution >= 0.6 is 11.3 Å². The van der Waals surface area contributed by atoms with Crippen LogP contribution in [0.4, 0.5) is 4.39 Å². The van der Waals surface area contributed by atoms with E-state index in [0.29, 0.717) is 29.7 Å². The lowest BCUT2D eigenvalue weighted by atomic mass is 10.1. The molecule has 1 N–H and O–H groups in total. The molecule has 0 bridgehead atoms. The first kappa shape index (κ1) is 20.4. The number of hydrogen-bond donors (Lipinski definition) is 1. The summed E-state index contributed by atoms with van der Waals surface area (Å²) < 4.78 is 25.5. The first-order valence-corrected chi connectivity index (χ1v) is 11.1. The van der Waals surface area contributed by atoms with Crippen molar-refractivity contribution in [2.24, 2.45) is 0 Å². The lowest BCUT2D eigenvalue weighted by Crippen LogP contribution is -2.41. The SMILES string of the molecule is COc1ccc2sc(OC3CCN(C(=O)c4cc(-c5ccc(F)cc5)n[nH]4)CC3)nc2c1. The molecule has 164 valence electrons. The van der Waals surface area contributed by atoms with Gasteiger partial charge in [-0.1, -0.05) is 11.3 Å². The zero-order chi connectivity index (χ0) is 22.1. The fourth-order valence-electron chi connectivity index (χ4n) is 3.75. The van der Waals surface area contributed by atoms with Crippen LogP contribution in [-0.4, -0.2) is 52.3 Å². The van der Waals surface area contributed by atoms with E-state index in [2.05, 4.69) is 15.2 Å². The van der Waals surface area contributed by atoms with Crippen LogP contribution in [-0.2, 0) is 0 Å². The highest BCUT2D eigenvalue weighted by molar-refractivity contribution is 7.20. The highest BCUT2D eigenvalue weighted by Gasteiger charge is 2.26. The first-order valence-electron chi connectivity index (χ1n) is 10.3. The van der Waals surface area contributed by atoms with E-state index in [9.17, 15) is 9.18 Å². The summed E-state index contributed by atoms with van der Waals surface area (Å²) in [6.45, 7) is 1.18. The molecule has 0 saturated carbocycles. The third kappa shape index (κ3) is 4.16. The van der Waals surface area contributed by atoms with Crippen molar-refractivity contribution in [2.75, 3.05) is 20.2 Å². The Morgan fingerprint density at radius 3 is 2.69 bits per heavy atom. The van der Waals surface area contributed by atoms with Gasteiger partial charge in [-0.15, -0.1) is 0 Å². The Hall–Kier alpha value is -3.46. The summed E-state index contributed by atoms with van der Waals surface area (Å²) in [6.07, 6.45) is 1.46. The van der Waals surface area contributed by atoms with Gasteiger partial charge in [-0.2, -0.15) is 5.10 Å². The summed E-state index contributed by atoms with van der Waals surface area (Å²) in [5, 5.41) is 7.64. The molecule has 2 aromatic carbocycles. The summed E-state index contributed by atoms with van der Waals surface area (Å²) in [4.78, 5) is 19.2. The molecular formula is C23H21FN4O3S. The fraction of sp³-hybridized carbons (Fsp3) is 0.261. The Kier molecular flexibility index (Phi) is 5.48. The Morgan fingerprint density at radius 2 is 1.94 bits per heavy atom. The van der Waals surface area contributed by atoms with Gasteiger partial charge in [0.1, 0.15) is 23.4 Å². The molecule has 32 heavy (non-hydrogen) atoms. The number of nitrogens with one attached hydrogen (secondary N) is 1. The Labute approximate surface area is 187 Å². The van der Waals surface area contributed by atoms with Crippen molar-refractivity contribution in [2.45, 2.75) is 18.9 Å². The number of hydrogen-bond acceptors (Lipinski definition) is 6. The van der Waals surface area contributed by atoms with E-state index in [1.165, 1.54) is 23.5 Å². The second kappa shape index (κ2) is 8.58. The highest BCUT2D eigenvalue weighted by Crippen LogP contribution is 2.32. The predicted octanol–water partition coefficient (Wildman–Crippen LogP) is 4.52. The molecule has 3 heterocycles. The van der Waals surface area contributed by atoms with Crippen molar-refractivity contribution in [1.82, 2.24) is 20.1 Å². The number of fused-ring (bicyclic) bond motifs is 1. The van der Waals surface area contributed by atoms with Crippen molar-refractivity contribution in [3.63, 3.8) is 0 Å². The van der Waals surface area contributed by atoms with Crippen LogP contribution in [0.2, 0.25) is 0 Å². The van der Waals surface area contributed by atoms with Crippen molar-refractivity contribution in [3.05, 3.63) is 60.0 Å². The topological polar surface area (TPSA) is 80.3 Å². The quantitative estimate of drug-likeness (QED) is 0.482. The number of halogens is 1. The number of carbonyl (C=O) groups is 1. The number of rotatable bonds is 5. The normalized spacial score (nSPS) is 14.6. The average Bonchev–Trinajstić information content (AvgIpc) is 3.46. The van der Waals surface area contributed by atoms with Gasteiger partial charge in [0.25, 0.3) is 11.1 Å². The second-order valence-electron chi connectivity index (χ2n) is 7.60. The van der Waals surface area contributed by atoms with Gasteiger partial charge in [0.05, 0.1) is 23.0 Å². The van der Waals surface area contributed by atoms with Crippen molar-refractivity contribution in [1.29, 1.82) is 0 Å². The summed E-state index contributed by atoms with van der Waals surface area (Å²) in [7, 11) is 1.63. The summed E-state index contributed by atoms with van der Waals surface area (Å²) >= 11 is 1.51. The number of carbonyl (C=O) groups excluding carboxylic acids is 1. The van der Waals surface area contributed by atoms with Crippen molar-refractivity contribution in [3.8, 4) is 22.2 Å². The maximum atomic E-state index is 13.1. The van der Waals surface area contributed by atoms with Crippen LogP contribution in [0, 0.1) is 5.82 Å². The molecule has 5 rings (SSSR count). The lowest BCUT2D eigenvalue weighted by Gasteiger charge is -2.31. The number of likely N-dealkylation sites (tertiary alicyclic amines) is 1. The van der Waals surface area contributed by atoms with Gasteiger partial charge < -0.3 is 14.4 Å². The monoisotopic (exact) mass is 452 g/mol. The van der Waals surface area contributed by atoms with E-state index in [0.717, 1.165) is 34.4 Å². The number of aromatic amines is 1. The van der Waals surface area contributed by atoms with Crippen LogP contribution in [0.5, 0.6) is 10.9 Å². The van der Waals surface area contributed by atoms with Crippen LogP contribution in [0.15, 0.2) is 48.5 Å². The van der Waals surface area contributed by atoms with Crippen LogP contribution in [0.1, 0.15) is 23.3 Å². The zero-order valence-corrected chi connectivity index (χ0v) is 18.2. The third-order valence-corrected chi connectivity index (χ3v) is 6.45. The van der Waals surface area contributed by atoms with Gasteiger partial charge in [0, 0.05) is 37.6 Å². The average molecular weight is 453 g/mol. The molecule has 1 aliphatic heterocycles. The minimum atomic E-state index is -0.309. The predicted molar refractivity (Wildman–Crippen MR) is 120 cm³/mol. The Balaban J connectivity index is 1.19. The van der Waals surface area contributed by atoms with E-state index < -0.39 is 0 Å². The number of aromatic nitrogens is 3. The van der Waals surface area contributed by atoms with E-state index >= 15 is 0 Å². The molecule has 0 unspecified atom stereocenters. The maximum Gasteiger partial charge on any atom is 0.274 e. The van der Waals surface area contributed by atoms with Crippen molar-refractivity contribution < 1.29 is 18.7 Å². The van der Waals surface area contributed by atoms with Gasteiger partial charge in [0.15, 0.2) is 0 Å². The van der Waals surface area contributed by atoms with Crippen LogP contribution in [0.25, 0.3) is 21.5 Å². The number of methoxy groups -OCH3 is 1. The number of ether oxygens (including phenoxy) is 2. The maximum absolute atomic E-state index is 13.1. The number of piperidine rings is 1. The number of nitrogens with zero attached hydrogens (tertiary/aromatic N) is 3. The second-order valence-corrected chi connectivity index (χ2v) is 8.59. The Morgan fingerprint density at radius 1 is 1.16 bits per heavy atom. The van der Waals surface area contributed by atoms with Crippen LogP contribution < -0.4 is 9.47 Å². The molecule has 4 aromatic rings. The molecule has 2 aromatic heterocycles. The molecule has 1 aliphatic rings. The summed E-state index contributed by atoms with van der Waals surface area (Å²) in [5.41, 5.74) is 2.64. The van der Waals surface area contributed by atoms with E-state index in [4.69, 9.17) is 9.47 Å². The molecule has 7 nitrogen and oxygen atoms in total. The molecule has 1 amide bonds. The van der Waals surface area contributed by atoms with Gasteiger partial charge in [-0.05, 0) is 42.5 Å². The smallest absolute Gasteiger partial charge is 0.274 e. The lowest BCUT2D eigenvalue weighted by molar-refractivity contribution is 0.0590. The highest BCUT2D eigenvalue weighted by atomic mass is 32.1. The molecule has 1 saturated heterocycles. The molecule has 0 spiro atoms. The Bertz CT molecular complexity index is 1250. The minimum Gasteiger partial charge on any atom is -0.497 e. The zero-order valence-electron chi connectivity index (χ0n) is 17.4. The summed E-state index contributed by atoms with van der Waals surface area (Å²) in [5.74, 6) is 0.357. The molecular weight excluding hydrogens is 431 g/mol. The van der Waals surface area contributed by atoms with E-state index in [1.807, 2.05) is 18.2 Å². The van der Waals surface area contributed by atoms with Gasteiger partial charge in [0.2, 0.25) is 0 Å². The number of benzene rings is 2. The first-order chi connectivity index (χ1) is 15.6. The van der Waals surface area contributed by atoms with Crippen LogP contribution in [0.3, 0.4) is 0 Å². The van der Waals surface area contributed by atoms with E-state index in [1.54, 1.807) is 30.2 Å². The molecule has 0 aliphatic carbocycles. The molecule has 0 atom stereocenters. The standard InChI is InChI=1S/C23H21FN4O3S/c1-30-17-6-7-21-19(12-17)25-23(32-21)31-16-8-10-28(11-9-16)22(29)20-13-18(26-27-20)14-2-4-15(24)5-3-14/h2-7,12-13,16H,8-11H2,1H3,(H,26,27). The van der Waals surface area contributed by atoms with Gasteiger partial charge in [-0.25, -0.2) is 9.37 Å². The van der Waals surface area contributed by atoms with E-state index in [-0.39, 0.29) is 17.8 Å². The van der Waals surface area contributed by atoms with Gasteiger partial charge >= 0.3 is 0 Å². The molecule has 1 fully saturated rings. The number of H-pyrrole nitrogens is 1. The fourth-order valence-corrected chi connectivity index (χ4v) is 4.61. The number of thiazole rings is 1. The number of amides is 1. The molecule has 9 heteroatoms. The molecule has 0 radical (unpaired) electrons. The van der Waals surface area contributed by atoms with Gasteiger partial charge in [-0.3, -0.25) is 9.89 Å². The third-order valence-electron chi connectivity index (χ3n) is 5.52. The van der Waals surface area contributed by atoms with Crippen molar-refractivity contribution >= 4 is 27.5 Å². The largest absolute Gasteiger partial charge is 0.497 e. The minimum absolute atomic E-state index is 0.0121. The summed E-state index contributed by atoms with van der Waals surface area (Å²) in [6, 6.07) is 13.5.